The Bertz CT molecular complexity index is 885. The third-order valence-corrected chi connectivity index (χ3v) is 5.73. The summed E-state index contributed by atoms with van der Waals surface area (Å²) in [7, 11) is -3.45. The SMILES string of the molecule is CC[C@H](C)NC(=O)c1ccc(CN(c2c(C)cccc2C)S(C)(=O)=O)cc1. The molecule has 0 aliphatic carbocycles. The Morgan fingerprint density at radius 2 is 1.63 bits per heavy atom. The fourth-order valence-corrected chi connectivity index (χ4v) is 3.90. The van der Waals surface area contributed by atoms with Gasteiger partial charge < -0.3 is 5.32 Å². The second kappa shape index (κ2) is 8.57. The van der Waals surface area contributed by atoms with Gasteiger partial charge in [0.1, 0.15) is 0 Å². The Kier molecular flexibility index (Phi) is 6.65. The fraction of sp³-hybridized carbons (Fsp3) is 0.381. The van der Waals surface area contributed by atoms with Crippen molar-refractivity contribution in [1.82, 2.24) is 5.32 Å². The minimum Gasteiger partial charge on any atom is -0.350 e. The van der Waals surface area contributed by atoms with Crippen molar-refractivity contribution in [2.45, 2.75) is 46.7 Å². The number of nitrogens with zero attached hydrogens (tertiary/aromatic N) is 1. The molecular formula is C21H28N2O3S. The Morgan fingerprint density at radius 3 is 2.11 bits per heavy atom. The summed E-state index contributed by atoms with van der Waals surface area (Å²) >= 11 is 0. The van der Waals surface area contributed by atoms with Crippen molar-refractivity contribution < 1.29 is 13.2 Å². The van der Waals surface area contributed by atoms with Crippen molar-refractivity contribution in [2.75, 3.05) is 10.6 Å². The molecule has 0 aliphatic heterocycles. The van der Waals surface area contributed by atoms with Gasteiger partial charge in [-0.15, -0.1) is 0 Å². The molecule has 1 N–H and O–H groups in total. The number of para-hydroxylation sites is 1. The molecule has 0 heterocycles. The van der Waals surface area contributed by atoms with E-state index < -0.39 is 10.0 Å². The molecule has 2 rings (SSSR count). The van der Waals surface area contributed by atoms with E-state index in [1.54, 1.807) is 24.3 Å². The number of benzene rings is 2. The second-order valence-corrected chi connectivity index (χ2v) is 8.90. The highest BCUT2D eigenvalue weighted by molar-refractivity contribution is 7.92. The van der Waals surface area contributed by atoms with E-state index in [0.29, 0.717) is 11.3 Å². The van der Waals surface area contributed by atoms with Crippen LogP contribution < -0.4 is 9.62 Å². The summed E-state index contributed by atoms with van der Waals surface area (Å²) in [5, 5.41) is 2.93. The number of anilines is 1. The van der Waals surface area contributed by atoms with Crippen molar-refractivity contribution >= 4 is 21.6 Å². The first kappa shape index (κ1) is 21.0. The standard InChI is InChI=1S/C21H28N2O3S/c1-6-17(4)22-21(24)19-12-10-18(11-13-19)14-23(27(5,25)26)20-15(2)8-7-9-16(20)3/h7-13,17H,6,14H2,1-5H3,(H,22,24)/t17-/m0/s1. The molecule has 0 bridgehead atoms. The second-order valence-electron chi connectivity index (χ2n) is 6.99. The van der Waals surface area contributed by atoms with E-state index in [1.165, 1.54) is 10.6 Å². The van der Waals surface area contributed by atoms with Gasteiger partial charge in [-0.2, -0.15) is 0 Å². The fourth-order valence-electron chi connectivity index (χ4n) is 2.90. The van der Waals surface area contributed by atoms with Gasteiger partial charge in [0.25, 0.3) is 5.91 Å². The summed E-state index contributed by atoms with van der Waals surface area (Å²) in [5.41, 5.74) is 3.91. The van der Waals surface area contributed by atoms with Gasteiger partial charge in [-0.25, -0.2) is 8.42 Å². The number of carbonyl (C=O) groups is 1. The van der Waals surface area contributed by atoms with E-state index in [-0.39, 0.29) is 18.5 Å². The van der Waals surface area contributed by atoms with Crippen molar-refractivity contribution in [3.05, 3.63) is 64.7 Å². The number of hydrogen-bond acceptors (Lipinski definition) is 3. The molecule has 5 nitrogen and oxygen atoms in total. The largest absolute Gasteiger partial charge is 0.350 e. The Morgan fingerprint density at radius 1 is 1.07 bits per heavy atom. The van der Waals surface area contributed by atoms with E-state index in [2.05, 4.69) is 5.32 Å². The molecule has 1 atom stereocenters. The number of rotatable bonds is 7. The molecule has 146 valence electrons. The average molecular weight is 389 g/mol. The lowest BCUT2D eigenvalue weighted by Crippen LogP contribution is -2.32. The third kappa shape index (κ3) is 5.32. The zero-order chi connectivity index (χ0) is 20.2. The summed E-state index contributed by atoms with van der Waals surface area (Å²) in [6.07, 6.45) is 2.08. The van der Waals surface area contributed by atoms with E-state index in [0.717, 1.165) is 23.1 Å². The molecule has 27 heavy (non-hydrogen) atoms. The van der Waals surface area contributed by atoms with Crippen LogP contribution in [0.4, 0.5) is 5.69 Å². The minimum atomic E-state index is -3.45. The Balaban J connectivity index is 2.28. The van der Waals surface area contributed by atoms with Crippen LogP contribution in [0.15, 0.2) is 42.5 Å². The van der Waals surface area contributed by atoms with Crippen LogP contribution in [-0.2, 0) is 16.6 Å². The summed E-state index contributed by atoms with van der Waals surface area (Å²) in [5.74, 6) is -0.120. The quantitative estimate of drug-likeness (QED) is 0.785. The van der Waals surface area contributed by atoms with E-state index in [1.807, 2.05) is 45.9 Å². The van der Waals surface area contributed by atoms with Gasteiger partial charge in [-0.3, -0.25) is 9.10 Å². The molecule has 0 radical (unpaired) electrons. The van der Waals surface area contributed by atoms with Gasteiger partial charge in [-0.1, -0.05) is 37.3 Å². The lowest BCUT2D eigenvalue weighted by molar-refractivity contribution is 0.0939. The van der Waals surface area contributed by atoms with Crippen LogP contribution in [-0.4, -0.2) is 26.6 Å². The van der Waals surface area contributed by atoms with Crippen LogP contribution in [0.2, 0.25) is 0 Å². The number of nitrogens with one attached hydrogen (secondary N) is 1. The maximum absolute atomic E-state index is 12.4. The normalized spacial score (nSPS) is 12.5. The first-order valence-electron chi connectivity index (χ1n) is 9.07. The summed E-state index contributed by atoms with van der Waals surface area (Å²) in [4.78, 5) is 12.2. The zero-order valence-corrected chi connectivity index (χ0v) is 17.4. The predicted octanol–water partition coefficient (Wildman–Crippen LogP) is 3.80. The van der Waals surface area contributed by atoms with Crippen LogP contribution in [0.3, 0.4) is 0 Å². The van der Waals surface area contributed by atoms with E-state index in [9.17, 15) is 13.2 Å². The highest BCUT2D eigenvalue weighted by atomic mass is 32.2. The van der Waals surface area contributed by atoms with Crippen LogP contribution in [0.25, 0.3) is 0 Å². The molecule has 2 aromatic rings. The smallest absolute Gasteiger partial charge is 0.251 e. The van der Waals surface area contributed by atoms with Crippen LogP contribution in [0, 0.1) is 13.8 Å². The van der Waals surface area contributed by atoms with Gasteiger partial charge in [0.2, 0.25) is 10.0 Å². The summed E-state index contributed by atoms with van der Waals surface area (Å²) in [6.45, 7) is 8.01. The van der Waals surface area contributed by atoms with E-state index >= 15 is 0 Å². The first-order valence-corrected chi connectivity index (χ1v) is 10.9. The van der Waals surface area contributed by atoms with Gasteiger partial charge in [0, 0.05) is 11.6 Å². The van der Waals surface area contributed by atoms with Crippen LogP contribution >= 0.6 is 0 Å². The first-order chi connectivity index (χ1) is 12.6. The summed E-state index contributed by atoms with van der Waals surface area (Å²) < 4.78 is 26.3. The molecule has 1 amide bonds. The maximum Gasteiger partial charge on any atom is 0.251 e. The summed E-state index contributed by atoms with van der Waals surface area (Å²) in [6, 6.07) is 12.9. The molecule has 0 spiro atoms. The average Bonchev–Trinajstić information content (AvgIpc) is 2.60. The maximum atomic E-state index is 12.4. The molecule has 0 unspecified atom stereocenters. The van der Waals surface area contributed by atoms with Gasteiger partial charge in [0.15, 0.2) is 0 Å². The molecule has 0 saturated carbocycles. The predicted molar refractivity (Wildman–Crippen MR) is 111 cm³/mol. The lowest BCUT2D eigenvalue weighted by atomic mass is 10.1. The van der Waals surface area contributed by atoms with Gasteiger partial charge in [-0.05, 0) is 56.0 Å². The monoisotopic (exact) mass is 388 g/mol. The van der Waals surface area contributed by atoms with Crippen LogP contribution in [0.1, 0.15) is 47.3 Å². The zero-order valence-electron chi connectivity index (χ0n) is 16.6. The number of sulfonamides is 1. The number of carbonyl (C=O) groups excluding carboxylic acids is 1. The molecule has 6 heteroatoms. The topological polar surface area (TPSA) is 66.5 Å². The Hall–Kier alpha value is -2.34. The third-order valence-electron chi connectivity index (χ3n) is 4.62. The minimum absolute atomic E-state index is 0.113. The molecule has 0 aliphatic rings. The molecule has 0 aromatic heterocycles. The van der Waals surface area contributed by atoms with Gasteiger partial charge in [0.05, 0.1) is 18.5 Å². The highest BCUT2D eigenvalue weighted by Crippen LogP contribution is 2.28. The molecule has 0 saturated heterocycles. The highest BCUT2D eigenvalue weighted by Gasteiger charge is 2.21. The van der Waals surface area contributed by atoms with Crippen molar-refractivity contribution in [1.29, 1.82) is 0 Å². The van der Waals surface area contributed by atoms with Crippen molar-refractivity contribution in [3.8, 4) is 0 Å². The van der Waals surface area contributed by atoms with Crippen LogP contribution in [0.5, 0.6) is 0 Å². The molecular weight excluding hydrogens is 360 g/mol. The molecule has 0 fully saturated rings. The van der Waals surface area contributed by atoms with Crippen molar-refractivity contribution in [3.63, 3.8) is 0 Å². The number of aryl methyl sites for hydroxylation is 2. The number of amides is 1. The Labute approximate surface area is 162 Å². The lowest BCUT2D eigenvalue weighted by Gasteiger charge is -2.26. The van der Waals surface area contributed by atoms with Gasteiger partial charge >= 0.3 is 0 Å². The molecule has 2 aromatic carbocycles. The van der Waals surface area contributed by atoms with E-state index in [4.69, 9.17) is 0 Å². The number of hydrogen-bond donors (Lipinski definition) is 1. The van der Waals surface area contributed by atoms with Crippen molar-refractivity contribution in [2.24, 2.45) is 0 Å².